The van der Waals surface area contributed by atoms with Gasteiger partial charge in [0, 0.05) is 49.4 Å². The third-order valence-corrected chi connectivity index (χ3v) is 7.41. The van der Waals surface area contributed by atoms with E-state index in [0.717, 1.165) is 50.6 Å². The molecule has 1 aromatic heterocycles. The van der Waals surface area contributed by atoms with Crippen LogP contribution in [-0.4, -0.2) is 54.7 Å². The molecule has 4 aromatic rings. The van der Waals surface area contributed by atoms with Crippen molar-refractivity contribution >= 4 is 39.0 Å². The van der Waals surface area contributed by atoms with Crippen LogP contribution in [-0.2, 0) is 6.42 Å². The Hall–Kier alpha value is -3.62. The van der Waals surface area contributed by atoms with E-state index < -0.39 is 0 Å². The lowest BCUT2D eigenvalue weighted by Gasteiger charge is -2.35. The van der Waals surface area contributed by atoms with E-state index in [-0.39, 0.29) is 12.7 Å². The van der Waals surface area contributed by atoms with E-state index in [9.17, 15) is 4.79 Å². The maximum Gasteiger partial charge on any atom is 0.255 e. The second-order valence-electron chi connectivity index (χ2n) is 8.80. The third-order valence-electron chi connectivity index (χ3n) is 6.59. The van der Waals surface area contributed by atoms with Gasteiger partial charge in [-0.2, -0.15) is 4.37 Å². The molecule has 2 aliphatic rings. The molecule has 0 saturated carbocycles. The fourth-order valence-corrected chi connectivity index (χ4v) is 5.36. The molecule has 0 spiro atoms. The quantitative estimate of drug-likeness (QED) is 0.428. The molecule has 1 amide bonds. The SMILES string of the molecule is O=C(Nc1ccc(CCN2CCN(c3nsc4ccccc34)CC2)cc1)c1ccc2c(c1)OCO2. The van der Waals surface area contributed by atoms with E-state index in [4.69, 9.17) is 13.8 Å². The molecule has 35 heavy (non-hydrogen) atoms. The van der Waals surface area contributed by atoms with E-state index in [2.05, 4.69) is 51.5 Å². The Bertz CT molecular complexity index is 1350. The first-order valence-corrected chi connectivity index (χ1v) is 12.6. The summed E-state index contributed by atoms with van der Waals surface area (Å²) >= 11 is 1.58. The lowest BCUT2D eigenvalue weighted by atomic mass is 10.1. The number of nitrogens with one attached hydrogen (secondary N) is 1. The molecular formula is C27H26N4O3S. The standard InChI is InChI=1S/C27H26N4O3S/c32-27(20-7-10-23-24(17-20)34-18-33-23)28-21-8-5-19(6-9-21)11-12-30-13-15-31(16-14-30)26-22-3-1-2-4-25(22)35-29-26/h1-10,17H,11-16,18H2,(H,28,32). The Morgan fingerprint density at radius 1 is 0.943 bits per heavy atom. The van der Waals surface area contributed by atoms with Gasteiger partial charge in [-0.25, -0.2) is 0 Å². The van der Waals surface area contributed by atoms with Crippen LogP contribution in [0.4, 0.5) is 11.5 Å². The minimum Gasteiger partial charge on any atom is -0.454 e. The highest BCUT2D eigenvalue weighted by Gasteiger charge is 2.20. The number of ether oxygens (including phenoxy) is 2. The Morgan fingerprint density at radius 2 is 1.74 bits per heavy atom. The Kier molecular flexibility index (Phi) is 5.98. The molecular weight excluding hydrogens is 460 g/mol. The summed E-state index contributed by atoms with van der Waals surface area (Å²) in [6.07, 6.45) is 0.982. The Balaban J connectivity index is 0.992. The van der Waals surface area contributed by atoms with Crippen LogP contribution >= 0.6 is 11.5 Å². The predicted octanol–water partition coefficient (Wildman–Crippen LogP) is 4.64. The van der Waals surface area contributed by atoms with Crippen LogP contribution in [0.25, 0.3) is 10.1 Å². The van der Waals surface area contributed by atoms with Gasteiger partial charge in [0.15, 0.2) is 11.5 Å². The number of nitrogens with zero attached hydrogens (tertiary/aromatic N) is 3. The van der Waals surface area contributed by atoms with Crippen LogP contribution in [0.15, 0.2) is 66.7 Å². The number of benzene rings is 3. The van der Waals surface area contributed by atoms with Crippen LogP contribution in [0.1, 0.15) is 15.9 Å². The summed E-state index contributed by atoms with van der Waals surface area (Å²) in [5.41, 5.74) is 2.59. The molecule has 178 valence electrons. The van der Waals surface area contributed by atoms with Gasteiger partial charge in [0.05, 0.1) is 4.70 Å². The third kappa shape index (κ3) is 4.67. The average Bonchev–Trinajstić information content (AvgIpc) is 3.55. The molecule has 3 heterocycles. The summed E-state index contributed by atoms with van der Waals surface area (Å²) in [5.74, 6) is 2.24. The second-order valence-corrected chi connectivity index (χ2v) is 9.61. The van der Waals surface area contributed by atoms with Crippen molar-refractivity contribution in [3.05, 3.63) is 77.9 Å². The van der Waals surface area contributed by atoms with Gasteiger partial charge < -0.3 is 19.7 Å². The van der Waals surface area contributed by atoms with Crippen molar-refractivity contribution in [1.82, 2.24) is 9.27 Å². The van der Waals surface area contributed by atoms with Crippen molar-refractivity contribution in [2.75, 3.05) is 49.7 Å². The summed E-state index contributed by atoms with van der Waals surface area (Å²) < 4.78 is 16.6. The van der Waals surface area contributed by atoms with Crippen LogP contribution in [0.2, 0.25) is 0 Å². The minimum atomic E-state index is -0.165. The van der Waals surface area contributed by atoms with E-state index in [1.165, 1.54) is 15.6 Å². The van der Waals surface area contributed by atoms with E-state index in [0.29, 0.717) is 17.1 Å². The van der Waals surface area contributed by atoms with Crippen LogP contribution in [0.5, 0.6) is 11.5 Å². The number of aromatic nitrogens is 1. The molecule has 8 heteroatoms. The molecule has 0 unspecified atom stereocenters. The van der Waals surface area contributed by atoms with Crippen LogP contribution < -0.4 is 19.7 Å². The molecule has 7 nitrogen and oxygen atoms in total. The minimum absolute atomic E-state index is 0.165. The molecule has 1 saturated heterocycles. The predicted molar refractivity (Wildman–Crippen MR) is 139 cm³/mol. The number of anilines is 2. The maximum absolute atomic E-state index is 12.6. The first kappa shape index (κ1) is 21.9. The van der Waals surface area contributed by atoms with E-state index in [1.807, 2.05) is 12.1 Å². The zero-order chi connectivity index (χ0) is 23.6. The first-order chi connectivity index (χ1) is 17.2. The second kappa shape index (κ2) is 9.56. The van der Waals surface area contributed by atoms with Crippen molar-refractivity contribution in [1.29, 1.82) is 0 Å². The monoisotopic (exact) mass is 486 g/mol. The molecule has 0 radical (unpaired) electrons. The van der Waals surface area contributed by atoms with Gasteiger partial charge in [0.25, 0.3) is 5.91 Å². The lowest BCUT2D eigenvalue weighted by molar-refractivity contribution is 0.102. The zero-order valence-electron chi connectivity index (χ0n) is 19.3. The average molecular weight is 487 g/mol. The number of carbonyl (C=O) groups excluding carboxylic acids is 1. The van der Waals surface area contributed by atoms with Gasteiger partial charge in [-0.05, 0) is 66.0 Å². The molecule has 6 rings (SSSR count). The number of hydrogen-bond donors (Lipinski definition) is 1. The summed E-state index contributed by atoms with van der Waals surface area (Å²) in [6, 6.07) is 21.8. The van der Waals surface area contributed by atoms with Crippen LogP contribution in [0.3, 0.4) is 0 Å². The lowest BCUT2D eigenvalue weighted by Crippen LogP contribution is -2.47. The van der Waals surface area contributed by atoms with Gasteiger partial charge in [-0.1, -0.05) is 24.3 Å². The molecule has 0 bridgehead atoms. The van der Waals surface area contributed by atoms with Gasteiger partial charge >= 0.3 is 0 Å². The molecule has 0 atom stereocenters. The van der Waals surface area contributed by atoms with Gasteiger partial charge in [-0.15, -0.1) is 0 Å². The Morgan fingerprint density at radius 3 is 2.60 bits per heavy atom. The molecule has 0 aliphatic carbocycles. The highest BCUT2D eigenvalue weighted by atomic mass is 32.1. The zero-order valence-corrected chi connectivity index (χ0v) is 20.1. The van der Waals surface area contributed by atoms with Crippen molar-refractivity contribution in [3.8, 4) is 11.5 Å². The fraction of sp³-hybridized carbons (Fsp3) is 0.259. The number of piperazine rings is 1. The van der Waals surface area contributed by atoms with E-state index >= 15 is 0 Å². The number of hydrogen-bond acceptors (Lipinski definition) is 7. The van der Waals surface area contributed by atoms with Gasteiger partial charge in [0.1, 0.15) is 5.82 Å². The fourth-order valence-electron chi connectivity index (χ4n) is 4.57. The van der Waals surface area contributed by atoms with Crippen LogP contribution in [0, 0.1) is 0 Å². The maximum atomic E-state index is 12.6. The van der Waals surface area contributed by atoms with E-state index in [1.54, 1.807) is 29.7 Å². The van der Waals surface area contributed by atoms with Crippen molar-refractivity contribution in [2.24, 2.45) is 0 Å². The molecule has 3 aromatic carbocycles. The number of rotatable bonds is 6. The largest absolute Gasteiger partial charge is 0.454 e. The number of fused-ring (bicyclic) bond motifs is 2. The highest BCUT2D eigenvalue weighted by molar-refractivity contribution is 7.13. The first-order valence-electron chi connectivity index (χ1n) is 11.8. The summed E-state index contributed by atoms with van der Waals surface area (Å²) in [6.45, 7) is 5.29. The highest BCUT2D eigenvalue weighted by Crippen LogP contribution is 2.33. The topological polar surface area (TPSA) is 66.9 Å². The normalized spacial score (nSPS) is 15.5. The molecule has 1 N–H and O–H groups in total. The molecule has 1 fully saturated rings. The number of carbonyl (C=O) groups is 1. The molecule has 2 aliphatic heterocycles. The summed E-state index contributed by atoms with van der Waals surface area (Å²) in [7, 11) is 0. The van der Waals surface area contributed by atoms with Gasteiger partial charge in [0.2, 0.25) is 6.79 Å². The summed E-state index contributed by atoms with van der Waals surface area (Å²) in [5, 5.41) is 4.22. The van der Waals surface area contributed by atoms with Crippen molar-refractivity contribution < 1.29 is 14.3 Å². The van der Waals surface area contributed by atoms with Crippen molar-refractivity contribution in [3.63, 3.8) is 0 Å². The smallest absolute Gasteiger partial charge is 0.255 e. The summed E-state index contributed by atoms with van der Waals surface area (Å²) in [4.78, 5) is 17.5. The van der Waals surface area contributed by atoms with Gasteiger partial charge in [-0.3, -0.25) is 9.69 Å². The van der Waals surface area contributed by atoms with Crippen molar-refractivity contribution in [2.45, 2.75) is 6.42 Å². The number of amides is 1. The Labute approximate surface area is 208 Å².